The highest BCUT2D eigenvalue weighted by atomic mass is 16.5. The zero-order valence-electron chi connectivity index (χ0n) is 10.2. The van der Waals surface area contributed by atoms with Crippen molar-refractivity contribution in [3.8, 4) is 5.75 Å². The lowest BCUT2D eigenvalue weighted by Gasteiger charge is -2.30. The number of hydrogen-bond donors (Lipinski definition) is 2. The van der Waals surface area contributed by atoms with E-state index < -0.39 is 0 Å². The number of hydrogen-bond acceptors (Lipinski definition) is 4. The molecule has 0 aliphatic carbocycles. The number of aliphatic hydroxyl groups excluding tert-OH is 1. The van der Waals surface area contributed by atoms with Crippen LogP contribution in [0.4, 0.5) is 5.69 Å². The normalized spacial score (nSPS) is 21.1. The summed E-state index contributed by atoms with van der Waals surface area (Å²) < 4.78 is 5.15. The fraction of sp³-hybridized carbons (Fsp3) is 0.538. The number of nitrogens with one attached hydrogen (secondary N) is 1. The van der Waals surface area contributed by atoms with Crippen LogP contribution in [0.5, 0.6) is 5.75 Å². The fourth-order valence-corrected chi connectivity index (χ4v) is 2.21. The second-order valence-corrected chi connectivity index (χ2v) is 4.29. The van der Waals surface area contributed by atoms with Crippen LogP contribution in [0.15, 0.2) is 24.3 Å². The second-order valence-electron chi connectivity index (χ2n) is 4.29. The molecule has 0 saturated carbocycles. The lowest BCUT2D eigenvalue weighted by Crippen LogP contribution is -2.42. The van der Waals surface area contributed by atoms with Crippen LogP contribution in [-0.4, -0.2) is 44.5 Å². The summed E-state index contributed by atoms with van der Waals surface area (Å²) >= 11 is 0. The number of nitrogens with zero attached hydrogens (tertiary/aromatic N) is 1. The molecule has 1 unspecified atom stereocenters. The van der Waals surface area contributed by atoms with Crippen molar-refractivity contribution in [1.29, 1.82) is 0 Å². The minimum atomic E-state index is 0.158. The predicted octanol–water partition coefficient (Wildman–Crippen LogP) is 0.856. The van der Waals surface area contributed by atoms with Gasteiger partial charge in [-0.1, -0.05) is 0 Å². The number of benzene rings is 1. The van der Waals surface area contributed by atoms with Crippen molar-refractivity contribution >= 4 is 5.69 Å². The van der Waals surface area contributed by atoms with Gasteiger partial charge in [-0.3, -0.25) is 0 Å². The predicted molar refractivity (Wildman–Crippen MR) is 68.7 cm³/mol. The summed E-state index contributed by atoms with van der Waals surface area (Å²) in [5.74, 6) is 0.863. The average Bonchev–Trinajstić information content (AvgIpc) is 2.64. The Bertz CT molecular complexity index is 340. The first-order chi connectivity index (χ1) is 8.35. The van der Waals surface area contributed by atoms with Crippen molar-refractivity contribution in [3.05, 3.63) is 24.3 Å². The third-order valence-electron chi connectivity index (χ3n) is 3.19. The highest BCUT2D eigenvalue weighted by molar-refractivity contribution is 5.50. The Morgan fingerprint density at radius 1 is 1.41 bits per heavy atom. The molecule has 1 saturated heterocycles. The second kappa shape index (κ2) is 5.89. The number of anilines is 1. The fourth-order valence-electron chi connectivity index (χ4n) is 2.21. The summed E-state index contributed by atoms with van der Waals surface area (Å²) in [5, 5.41) is 12.8. The van der Waals surface area contributed by atoms with Crippen LogP contribution in [-0.2, 0) is 0 Å². The van der Waals surface area contributed by atoms with Crippen molar-refractivity contribution in [2.24, 2.45) is 0 Å². The lowest BCUT2D eigenvalue weighted by atomic mass is 10.2. The topological polar surface area (TPSA) is 44.7 Å². The maximum atomic E-state index is 9.44. The van der Waals surface area contributed by atoms with Gasteiger partial charge in [0, 0.05) is 18.8 Å². The summed E-state index contributed by atoms with van der Waals surface area (Å²) in [4.78, 5) is 2.26. The van der Waals surface area contributed by atoms with E-state index in [4.69, 9.17) is 4.74 Å². The number of ether oxygens (including phenoxy) is 1. The van der Waals surface area contributed by atoms with Gasteiger partial charge in [0.2, 0.25) is 0 Å². The quantitative estimate of drug-likeness (QED) is 0.817. The van der Waals surface area contributed by atoms with Gasteiger partial charge in [-0.2, -0.15) is 0 Å². The van der Waals surface area contributed by atoms with E-state index in [0.717, 1.165) is 37.5 Å². The SMILES string of the molecule is COc1ccc(N2CCCNCC2CO)cc1. The maximum Gasteiger partial charge on any atom is 0.119 e. The van der Waals surface area contributed by atoms with E-state index in [9.17, 15) is 5.11 Å². The van der Waals surface area contributed by atoms with Gasteiger partial charge in [0.05, 0.1) is 19.8 Å². The Morgan fingerprint density at radius 3 is 2.82 bits per heavy atom. The van der Waals surface area contributed by atoms with Crippen LogP contribution >= 0.6 is 0 Å². The molecule has 2 N–H and O–H groups in total. The van der Waals surface area contributed by atoms with Crippen molar-refractivity contribution in [3.63, 3.8) is 0 Å². The monoisotopic (exact) mass is 236 g/mol. The first-order valence-electron chi connectivity index (χ1n) is 6.07. The molecule has 1 aliphatic rings. The standard InChI is InChI=1S/C13H20N2O2/c1-17-13-5-3-11(4-6-13)15-8-2-7-14-9-12(15)10-16/h3-6,12,14,16H,2,7-10H2,1H3. The van der Waals surface area contributed by atoms with Gasteiger partial charge in [0.15, 0.2) is 0 Å². The Balaban J connectivity index is 2.16. The Labute approximate surface area is 102 Å². The van der Waals surface area contributed by atoms with Gasteiger partial charge in [-0.25, -0.2) is 0 Å². The summed E-state index contributed by atoms with van der Waals surface area (Å²) in [7, 11) is 1.67. The van der Waals surface area contributed by atoms with Gasteiger partial charge in [0.1, 0.15) is 5.75 Å². The maximum absolute atomic E-state index is 9.44. The van der Waals surface area contributed by atoms with Crippen molar-refractivity contribution in [2.75, 3.05) is 38.3 Å². The Morgan fingerprint density at radius 2 is 2.18 bits per heavy atom. The molecule has 17 heavy (non-hydrogen) atoms. The molecule has 0 spiro atoms. The summed E-state index contributed by atoms with van der Waals surface area (Å²) in [6.45, 7) is 3.01. The molecule has 2 rings (SSSR count). The summed E-state index contributed by atoms with van der Waals surface area (Å²) in [5.41, 5.74) is 1.15. The zero-order valence-corrected chi connectivity index (χ0v) is 10.2. The largest absolute Gasteiger partial charge is 0.497 e. The molecule has 0 amide bonds. The van der Waals surface area contributed by atoms with Gasteiger partial charge in [-0.15, -0.1) is 0 Å². The molecule has 1 aromatic carbocycles. The molecule has 4 heteroatoms. The van der Waals surface area contributed by atoms with E-state index in [2.05, 4.69) is 10.2 Å². The molecule has 1 atom stereocenters. The summed E-state index contributed by atoms with van der Waals surface area (Å²) in [6, 6.07) is 8.18. The van der Waals surface area contributed by atoms with E-state index in [1.54, 1.807) is 7.11 Å². The van der Waals surface area contributed by atoms with E-state index in [-0.39, 0.29) is 12.6 Å². The highest BCUT2D eigenvalue weighted by Crippen LogP contribution is 2.22. The molecule has 1 aromatic rings. The molecular weight excluding hydrogens is 216 g/mol. The van der Waals surface area contributed by atoms with Gasteiger partial charge in [-0.05, 0) is 37.2 Å². The van der Waals surface area contributed by atoms with Crippen LogP contribution < -0.4 is 15.0 Å². The first kappa shape index (κ1) is 12.2. The Hall–Kier alpha value is -1.26. The van der Waals surface area contributed by atoms with E-state index in [1.807, 2.05) is 24.3 Å². The van der Waals surface area contributed by atoms with Crippen LogP contribution in [0, 0.1) is 0 Å². The first-order valence-corrected chi connectivity index (χ1v) is 6.07. The molecule has 0 radical (unpaired) electrons. The number of rotatable bonds is 3. The van der Waals surface area contributed by atoms with Crippen molar-refractivity contribution in [1.82, 2.24) is 5.32 Å². The van der Waals surface area contributed by atoms with Crippen LogP contribution in [0.3, 0.4) is 0 Å². The average molecular weight is 236 g/mol. The van der Waals surface area contributed by atoms with E-state index in [1.165, 1.54) is 0 Å². The van der Waals surface area contributed by atoms with Gasteiger partial charge < -0.3 is 20.1 Å². The van der Waals surface area contributed by atoms with Gasteiger partial charge in [0.25, 0.3) is 0 Å². The number of methoxy groups -OCH3 is 1. The molecule has 0 bridgehead atoms. The smallest absolute Gasteiger partial charge is 0.119 e. The molecule has 94 valence electrons. The minimum Gasteiger partial charge on any atom is -0.497 e. The van der Waals surface area contributed by atoms with Crippen LogP contribution in [0.2, 0.25) is 0 Å². The van der Waals surface area contributed by atoms with E-state index in [0.29, 0.717) is 0 Å². The third-order valence-corrected chi connectivity index (χ3v) is 3.19. The third kappa shape index (κ3) is 2.90. The summed E-state index contributed by atoms with van der Waals surface area (Å²) in [6.07, 6.45) is 1.10. The van der Waals surface area contributed by atoms with E-state index >= 15 is 0 Å². The van der Waals surface area contributed by atoms with Crippen molar-refractivity contribution < 1.29 is 9.84 Å². The molecule has 1 fully saturated rings. The zero-order chi connectivity index (χ0) is 12.1. The minimum absolute atomic E-state index is 0.158. The van der Waals surface area contributed by atoms with Crippen LogP contribution in [0.25, 0.3) is 0 Å². The molecular formula is C13H20N2O2. The highest BCUT2D eigenvalue weighted by Gasteiger charge is 2.20. The number of aliphatic hydroxyl groups is 1. The van der Waals surface area contributed by atoms with Crippen molar-refractivity contribution in [2.45, 2.75) is 12.5 Å². The molecule has 1 aliphatic heterocycles. The lowest BCUT2D eigenvalue weighted by molar-refractivity contribution is 0.260. The van der Waals surface area contributed by atoms with Gasteiger partial charge >= 0.3 is 0 Å². The van der Waals surface area contributed by atoms with Crippen LogP contribution in [0.1, 0.15) is 6.42 Å². The molecule has 1 heterocycles. The molecule has 0 aromatic heterocycles. The molecule has 4 nitrogen and oxygen atoms in total. The Kier molecular flexibility index (Phi) is 4.23.